The van der Waals surface area contributed by atoms with Crippen molar-refractivity contribution < 1.29 is 4.79 Å². The second-order valence-corrected chi connectivity index (χ2v) is 7.83. The van der Waals surface area contributed by atoms with Gasteiger partial charge in [-0.2, -0.15) is 0 Å². The Morgan fingerprint density at radius 1 is 1.12 bits per heavy atom. The lowest BCUT2D eigenvalue weighted by atomic mass is 9.90. The van der Waals surface area contributed by atoms with Gasteiger partial charge in [0.2, 0.25) is 0 Å². The number of nitrogens with zero attached hydrogens (tertiary/aromatic N) is 2. The molecule has 138 valence electrons. The molecule has 0 aromatic heterocycles. The monoisotopic (exact) mass is 343 g/mol. The van der Waals surface area contributed by atoms with Crippen LogP contribution in [0.2, 0.25) is 0 Å². The predicted octanol–water partition coefficient (Wildman–Crippen LogP) is 2.79. The summed E-state index contributed by atoms with van der Waals surface area (Å²) in [5.74, 6) is 0.924. The molecular weight excluding hydrogens is 310 g/mol. The van der Waals surface area contributed by atoms with Crippen LogP contribution in [0.3, 0.4) is 0 Å². The Morgan fingerprint density at radius 3 is 2.64 bits per heavy atom. The Kier molecular flexibility index (Phi) is 6.49. The van der Waals surface area contributed by atoms with E-state index in [1.54, 1.807) is 0 Å². The van der Waals surface area contributed by atoms with Crippen molar-refractivity contribution in [3.63, 3.8) is 0 Å². The summed E-state index contributed by atoms with van der Waals surface area (Å²) in [5, 5.41) is 3.49. The molecule has 0 radical (unpaired) electrons. The molecule has 1 amide bonds. The van der Waals surface area contributed by atoms with Crippen molar-refractivity contribution in [1.29, 1.82) is 0 Å². The lowest BCUT2D eigenvalue weighted by Crippen LogP contribution is -2.50. The number of rotatable bonds is 4. The van der Waals surface area contributed by atoms with Crippen molar-refractivity contribution >= 4 is 5.91 Å². The number of benzene rings is 1. The minimum absolute atomic E-state index is 0.228. The van der Waals surface area contributed by atoms with Crippen LogP contribution in [0.4, 0.5) is 0 Å². The summed E-state index contributed by atoms with van der Waals surface area (Å²) in [7, 11) is 0. The Balaban J connectivity index is 1.66. The van der Waals surface area contributed by atoms with Gasteiger partial charge in [-0.25, -0.2) is 0 Å². The van der Waals surface area contributed by atoms with Gasteiger partial charge in [-0.15, -0.1) is 0 Å². The minimum atomic E-state index is 0.228. The normalized spacial score (nSPS) is 22.8. The van der Waals surface area contributed by atoms with Crippen molar-refractivity contribution in [2.45, 2.75) is 45.6 Å². The molecule has 1 aromatic carbocycles. The molecule has 25 heavy (non-hydrogen) atoms. The molecule has 1 unspecified atom stereocenters. The Morgan fingerprint density at radius 2 is 1.88 bits per heavy atom. The summed E-state index contributed by atoms with van der Waals surface area (Å²) in [4.78, 5) is 17.6. The second-order valence-electron chi connectivity index (χ2n) is 7.83. The molecule has 1 N–H and O–H groups in total. The molecule has 2 saturated heterocycles. The van der Waals surface area contributed by atoms with Crippen LogP contribution in [0.5, 0.6) is 0 Å². The minimum Gasteiger partial charge on any atom is -0.336 e. The SMILES string of the molecule is CC(C)N1CCN(C(=O)c2ccccc2CC2CCCNCC2)CC1. The fraction of sp³-hybridized carbons (Fsp3) is 0.667. The predicted molar refractivity (Wildman–Crippen MR) is 103 cm³/mol. The standard InChI is InChI=1S/C21H33N3O/c1-17(2)23-12-14-24(15-13-23)21(25)20-8-4-3-7-19(20)16-18-6-5-10-22-11-9-18/h3-4,7-8,17-18,22H,5-6,9-16H2,1-2H3. The number of hydrogen-bond donors (Lipinski definition) is 1. The van der Waals surface area contributed by atoms with Crippen LogP contribution in [-0.2, 0) is 6.42 Å². The van der Waals surface area contributed by atoms with Crippen LogP contribution in [0.15, 0.2) is 24.3 Å². The van der Waals surface area contributed by atoms with E-state index in [1.165, 1.54) is 24.8 Å². The zero-order valence-corrected chi connectivity index (χ0v) is 15.8. The van der Waals surface area contributed by atoms with E-state index in [-0.39, 0.29) is 5.91 Å². The molecule has 4 heteroatoms. The van der Waals surface area contributed by atoms with Gasteiger partial charge < -0.3 is 10.2 Å². The molecule has 1 aromatic rings. The highest BCUT2D eigenvalue weighted by atomic mass is 16.2. The maximum absolute atomic E-state index is 13.1. The largest absolute Gasteiger partial charge is 0.336 e. The van der Waals surface area contributed by atoms with Gasteiger partial charge in [0.25, 0.3) is 5.91 Å². The zero-order valence-electron chi connectivity index (χ0n) is 15.8. The van der Waals surface area contributed by atoms with Gasteiger partial charge in [0.1, 0.15) is 0 Å². The third-order valence-corrected chi connectivity index (χ3v) is 5.78. The van der Waals surface area contributed by atoms with Crippen molar-refractivity contribution in [3.8, 4) is 0 Å². The molecule has 4 nitrogen and oxygen atoms in total. The van der Waals surface area contributed by atoms with E-state index in [0.717, 1.165) is 51.3 Å². The number of hydrogen-bond acceptors (Lipinski definition) is 3. The van der Waals surface area contributed by atoms with E-state index >= 15 is 0 Å². The van der Waals surface area contributed by atoms with E-state index < -0.39 is 0 Å². The van der Waals surface area contributed by atoms with Crippen LogP contribution < -0.4 is 5.32 Å². The Hall–Kier alpha value is -1.39. The van der Waals surface area contributed by atoms with Crippen molar-refractivity contribution in [2.24, 2.45) is 5.92 Å². The number of amides is 1. The lowest BCUT2D eigenvalue weighted by molar-refractivity contribution is 0.0594. The molecular formula is C21H33N3O. The van der Waals surface area contributed by atoms with Gasteiger partial charge in [0.05, 0.1) is 0 Å². The highest BCUT2D eigenvalue weighted by molar-refractivity contribution is 5.95. The highest BCUT2D eigenvalue weighted by Gasteiger charge is 2.25. The van der Waals surface area contributed by atoms with Crippen molar-refractivity contribution in [1.82, 2.24) is 15.1 Å². The molecule has 0 aliphatic carbocycles. The molecule has 1 atom stereocenters. The Labute approximate surface area is 152 Å². The van der Waals surface area contributed by atoms with E-state index in [0.29, 0.717) is 12.0 Å². The van der Waals surface area contributed by atoms with Gasteiger partial charge in [-0.1, -0.05) is 18.2 Å². The summed E-state index contributed by atoms with van der Waals surface area (Å²) in [5.41, 5.74) is 2.17. The summed E-state index contributed by atoms with van der Waals surface area (Å²) >= 11 is 0. The molecule has 2 fully saturated rings. The fourth-order valence-electron chi connectivity index (χ4n) is 4.13. The van der Waals surface area contributed by atoms with Gasteiger partial charge in [-0.05, 0) is 70.2 Å². The van der Waals surface area contributed by atoms with Gasteiger partial charge in [-0.3, -0.25) is 9.69 Å². The van der Waals surface area contributed by atoms with E-state index in [1.807, 2.05) is 17.0 Å². The average Bonchev–Trinajstić information content (AvgIpc) is 2.90. The smallest absolute Gasteiger partial charge is 0.254 e. The summed E-state index contributed by atoms with van der Waals surface area (Å²) in [6.07, 6.45) is 4.77. The van der Waals surface area contributed by atoms with E-state index in [2.05, 4.69) is 36.2 Å². The van der Waals surface area contributed by atoms with Crippen LogP contribution in [0.25, 0.3) is 0 Å². The maximum atomic E-state index is 13.1. The van der Waals surface area contributed by atoms with Crippen LogP contribution >= 0.6 is 0 Å². The van der Waals surface area contributed by atoms with Crippen molar-refractivity contribution in [2.75, 3.05) is 39.3 Å². The van der Waals surface area contributed by atoms with E-state index in [9.17, 15) is 4.79 Å². The van der Waals surface area contributed by atoms with Crippen LogP contribution in [0, 0.1) is 5.92 Å². The van der Waals surface area contributed by atoms with E-state index in [4.69, 9.17) is 0 Å². The first kappa shape index (κ1) is 18.4. The summed E-state index contributed by atoms with van der Waals surface area (Å²) in [6, 6.07) is 8.85. The molecule has 2 aliphatic heterocycles. The highest BCUT2D eigenvalue weighted by Crippen LogP contribution is 2.23. The molecule has 0 bridgehead atoms. The van der Waals surface area contributed by atoms with Crippen LogP contribution in [-0.4, -0.2) is 61.0 Å². The fourth-order valence-corrected chi connectivity index (χ4v) is 4.13. The molecule has 3 rings (SSSR count). The number of carbonyl (C=O) groups is 1. The summed E-state index contributed by atoms with van der Waals surface area (Å²) in [6.45, 7) is 10.4. The summed E-state index contributed by atoms with van der Waals surface area (Å²) < 4.78 is 0. The first-order chi connectivity index (χ1) is 12.1. The first-order valence-corrected chi connectivity index (χ1v) is 9.97. The van der Waals surface area contributed by atoms with Crippen molar-refractivity contribution in [3.05, 3.63) is 35.4 Å². The molecule has 2 heterocycles. The molecule has 0 saturated carbocycles. The molecule has 2 aliphatic rings. The van der Waals surface area contributed by atoms with Crippen LogP contribution in [0.1, 0.15) is 49.0 Å². The number of piperazine rings is 1. The average molecular weight is 344 g/mol. The third-order valence-electron chi connectivity index (χ3n) is 5.78. The first-order valence-electron chi connectivity index (χ1n) is 9.97. The Bertz CT molecular complexity index is 556. The van der Waals surface area contributed by atoms with Gasteiger partial charge >= 0.3 is 0 Å². The third kappa shape index (κ3) is 4.83. The quantitative estimate of drug-likeness (QED) is 0.913. The van der Waals surface area contributed by atoms with Gasteiger partial charge in [0.15, 0.2) is 0 Å². The maximum Gasteiger partial charge on any atom is 0.254 e. The van der Waals surface area contributed by atoms with Gasteiger partial charge in [0, 0.05) is 37.8 Å². The number of nitrogens with one attached hydrogen (secondary N) is 1. The molecule has 0 spiro atoms. The zero-order chi connectivity index (χ0) is 17.6. The lowest BCUT2D eigenvalue weighted by Gasteiger charge is -2.37. The number of carbonyl (C=O) groups excluding carboxylic acids is 1. The second kappa shape index (κ2) is 8.81. The topological polar surface area (TPSA) is 35.6 Å².